The van der Waals surface area contributed by atoms with Crippen molar-refractivity contribution in [2.45, 2.75) is 59.3 Å². The average molecular weight is 166 g/mol. The van der Waals surface area contributed by atoms with Gasteiger partial charge in [0.15, 0.2) is 0 Å². The standard InChI is InChI=1S/C12H22/c1-4-6-7-8-9-11-12(3)10-5-2/h9H,4-8,10H2,1-3H3. The molecule has 0 atom stereocenters. The number of allylic oxidation sites excluding steroid dienone is 1. The van der Waals surface area contributed by atoms with Crippen molar-refractivity contribution in [3.05, 3.63) is 17.4 Å². The summed E-state index contributed by atoms with van der Waals surface area (Å²) in [6.07, 6.45) is 9.82. The Bertz CT molecular complexity index is 147. The smallest absolute Gasteiger partial charge is 0.0249 e. The van der Waals surface area contributed by atoms with Crippen LogP contribution in [0.4, 0.5) is 0 Å². The van der Waals surface area contributed by atoms with Crippen molar-refractivity contribution in [1.82, 2.24) is 0 Å². The molecule has 0 rings (SSSR count). The molecule has 0 fully saturated rings. The van der Waals surface area contributed by atoms with E-state index in [1.807, 2.05) is 0 Å². The molecule has 0 radical (unpaired) electrons. The SMILES string of the molecule is CCCCCC=C=C(C)CCC. The first kappa shape index (κ1) is 11.5. The maximum Gasteiger partial charge on any atom is -0.0249 e. The van der Waals surface area contributed by atoms with E-state index in [0.717, 1.165) is 0 Å². The first-order chi connectivity index (χ1) is 5.81. The van der Waals surface area contributed by atoms with Crippen LogP contribution in [0.1, 0.15) is 59.3 Å². The summed E-state index contributed by atoms with van der Waals surface area (Å²) >= 11 is 0. The summed E-state index contributed by atoms with van der Waals surface area (Å²) in [5, 5.41) is 0. The van der Waals surface area contributed by atoms with Gasteiger partial charge in [-0.1, -0.05) is 33.1 Å². The highest BCUT2D eigenvalue weighted by molar-refractivity contribution is 4.97. The molecule has 0 spiro atoms. The van der Waals surface area contributed by atoms with E-state index in [0.29, 0.717) is 0 Å². The molecule has 0 saturated heterocycles. The second-order valence-corrected chi connectivity index (χ2v) is 3.37. The molecule has 0 N–H and O–H groups in total. The Morgan fingerprint density at radius 3 is 2.50 bits per heavy atom. The fourth-order valence-corrected chi connectivity index (χ4v) is 1.19. The predicted molar refractivity (Wildman–Crippen MR) is 56.3 cm³/mol. The molecule has 12 heavy (non-hydrogen) atoms. The van der Waals surface area contributed by atoms with Gasteiger partial charge in [0.1, 0.15) is 0 Å². The van der Waals surface area contributed by atoms with Crippen molar-refractivity contribution in [1.29, 1.82) is 0 Å². The van der Waals surface area contributed by atoms with Crippen LogP contribution in [0.25, 0.3) is 0 Å². The van der Waals surface area contributed by atoms with E-state index >= 15 is 0 Å². The number of hydrogen-bond acceptors (Lipinski definition) is 0. The Balaban J connectivity index is 3.50. The number of unbranched alkanes of at least 4 members (excludes halogenated alkanes) is 3. The number of rotatable bonds is 6. The van der Waals surface area contributed by atoms with Crippen molar-refractivity contribution in [2.24, 2.45) is 0 Å². The monoisotopic (exact) mass is 166 g/mol. The zero-order valence-corrected chi connectivity index (χ0v) is 8.82. The Morgan fingerprint density at radius 2 is 1.92 bits per heavy atom. The second kappa shape index (κ2) is 8.62. The Hall–Kier alpha value is -0.480. The molecule has 0 aromatic carbocycles. The maximum atomic E-state index is 3.33. The summed E-state index contributed by atoms with van der Waals surface area (Å²) in [5.41, 5.74) is 4.73. The Kier molecular flexibility index (Phi) is 8.27. The van der Waals surface area contributed by atoms with E-state index in [2.05, 4.69) is 32.6 Å². The van der Waals surface area contributed by atoms with Gasteiger partial charge in [0.25, 0.3) is 0 Å². The fraction of sp³-hybridized carbons (Fsp3) is 0.750. The summed E-state index contributed by atoms with van der Waals surface area (Å²) in [5.74, 6) is 0. The van der Waals surface area contributed by atoms with Gasteiger partial charge in [0.05, 0.1) is 0 Å². The van der Waals surface area contributed by atoms with E-state index in [1.165, 1.54) is 44.1 Å². The molecular formula is C12H22. The first-order valence-corrected chi connectivity index (χ1v) is 5.21. The maximum absolute atomic E-state index is 3.33. The van der Waals surface area contributed by atoms with Crippen LogP contribution < -0.4 is 0 Å². The van der Waals surface area contributed by atoms with Crippen LogP contribution in [0.5, 0.6) is 0 Å². The van der Waals surface area contributed by atoms with Crippen LogP contribution in [-0.2, 0) is 0 Å². The van der Waals surface area contributed by atoms with Gasteiger partial charge < -0.3 is 0 Å². The predicted octanol–water partition coefficient (Wildman–Crippen LogP) is 4.47. The van der Waals surface area contributed by atoms with Gasteiger partial charge in [-0.15, -0.1) is 5.73 Å². The molecule has 0 amide bonds. The quantitative estimate of drug-likeness (QED) is 0.403. The molecule has 0 bridgehead atoms. The molecule has 0 aliphatic heterocycles. The largest absolute Gasteiger partial charge is 0.126 e. The lowest BCUT2D eigenvalue weighted by Gasteiger charge is -1.91. The Labute approximate surface area is 77.4 Å². The molecule has 0 aromatic rings. The lowest BCUT2D eigenvalue weighted by atomic mass is 10.1. The van der Waals surface area contributed by atoms with Gasteiger partial charge in [-0.2, -0.15) is 0 Å². The van der Waals surface area contributed by atoms with Crippen LogP contribution in [-0.4, -0.2) is 0 Å². The summed E-state index contributed by atoms with van der Waals surface area (Å²) in [7, 11) is 0. The van der Waals surface area contributed by atoms with E-state index in [4.69, 9.17) is 0 Å². The molecular weight excluding hydrogens is 144 g/mol. The minimum absolute atomic E-state index is 1.20. The minimum atomic E-state index is 1.20. The third-order valence-corrected chi connectivity index (χ3v) is 1.93. The normalized spacial score (nSPS) is 9.25. The molecule has 0 heterocycles. The lowest BCUT2D eigenvalue weighted by molar-refractivity contribution is 0.729. The van der Waals surface area contributed by atoms with Crippen LogP contribution in [0.2, 0.25) is 0 Å². The highest BCUT2D eigenvalue weighted by atomic mass is 13.9. The van der Waals surface area contributed by atoms with Crippen LogP contribution in [0.3, 0.4) is 0 Å². The topological polar surface area (TPSA) is 0 Å². The molecule has 0 aromatic heterocycles. The summed E-state index contributed by atoms with van der Waals surface area (Å²) < 4.78 is 0. The molecule has 0 unspecified atom stereocenters. The lowest BCUT2D eigenvalue weighted by Crippen LogP contribution is -1.72. The molecule has 0 saturated carbocycles. The van der Waals surface area contributed by atoms with Gasteiger partial charge in [-0.3, -0.25) is 0 Å². The average Bonchev–Trinajstić information content (AvgIpc) is 2.05. The summed E-state index contributed by atoms with van der Waals surface area (Å²) in [6.45, 7) is 6.62. The van der Waals surface area contributed by atoms with Gasteiger partial charge in [-0.25, -0.2) is 0 Å². The van der Waals surface area contributed by atoms with Gasteiger partial charge >= 0.3 is 0 Å². The van der Waals surface area contributed by atoms with Crippen molar-refractivity contribution in [3.8, 4) is 0 Å². The number of hydrogen-bond donors (Lipinski definition) is 0. The second-order valence-electron chi connectivity index (χ2n) is 3.37. The molecule has 0 heteroatoms. The first-order valence-electron chi connectivity index (χ1n) is 5.21. The minimum Gasteiger partial charge on any atom is -0.126 e. The van der Waals surface area contributed by atoms with Crippen molar-refractivity contribution in [3.63, 3.8) is 0 Å². The van der Waals surface area contributed by atoms with E-state index in [1.54, 1.807) is 0 Å². The van der Waals surface area contributed by atoms with Crippen LogP contribution in [0, 0.1) is 0 Å². The van der Waals surface area contributed by atoms with Crippen molar-refractivity contribution < 1.29 is 0 Å². The van der Waals surface area contributed by atoms with Crippen molar-refractivity contribution in [2.75, 3.05) is 0 Å². The third-order valence-electron chi connectivity index (χ3n) is 1.93. The molecule has 0 aliphatic rings. The van der Waals surface area contributed by atoms with Gasteiger partial charge in [0.2, 0.25) is 0 Å². The highest BCUT2D eigenvalue weighted by Crippen LogP contribution is 2.02. The highest BCUT2D eigenvalue weighted by Gasteiger charge is 1.83. The third kappa shape index (κ3) is 7.63. The zero-order chi connectivity index (χ0) is 9.23. The van der Waals surface area contributed by atoms with Crippen molar-refractivity contribution >= 4 is 0 Å². The molecule has 0 nitrogen and oxygen atoms in total. The summed E-state index contributed by atoms with van der Waals surface area (Å²) in [6, 6.07) is 0. The van der Waals surface area contributed by atoms with E-state index in [9.17, 15) is 0 Å². The van der Waals surface area contributed by atoms with Crippen LogP contribution >= 0.6 is 0 Å². The van der Waals surface area contributed by atoms with Gasteiger partial charge in [0, 0.05) is 0 Å². The fourth-order valence-electron chi connectivity index (χ4n) is 1.19. The molecule has 70 valence electrons. The Morgan fingerprint density at radius 1 is 1.17 bits per heavy atom. The van der Waals surface area contributed by atoms with E-state index < -0.39 is 0 Å². The summed E-state index contributed by atoms with van der Waals surface area (Å²) in [4.78, 5) is 0. The van der Waals surface area contributed by atoms with Crippen LogP contribution in [0.15, 0.2) is 17.4 Å². The van der Waals surface area contributed by atoms with E-state index in [-0.39, 0.29) is 0 Å². The zero-order valence-electron chi connectivity index (χ0n) is 8.82. The molecule has 0 aliphatic carbocycles. The van der Waals surface area contributed by atoms with Gasteiger partial charge in [-0.05, 0) is 37.8 Å².